The fourth-order valence-electron chi connectivity index (χ4n) is 1.01. The van der Waals surface area contributed by atoms with Crippen LogP contribution in [0.15, 0.2) is 16.3 Å². The number of aromatic nitrogens is 2. The van der Waals surface area contributed by atoms with Gasteiger partial charge in [-0.15, -0.1) is 22.7 Å². The van der Waals surface area contributed by atoms with E-state index in [0.717, 1.165) is 22.8 Å². The SMILES string of the molecule is NCCc1nc(-c2cscn2)cs1. The summed E-state index contributed by atoms with van der Waals surface area (Å²) < 4.78 is 0. The van der Waals surface area contributed by atoms with Crippen molar-refractivity contribution in [3.8, 4) is 11.4 Å². The Hall–Kier alpha value is -0.780. The van der Waals surface area contributed by atoms with Crippen LogP contribution < -0.4 is 5.73 Å². The van der Waals surface area contributed by atoms with Crippen LogP contribution in [-0.4, -0.2) is 16.5 Å². The molecule has 0 saturated carbocycles. The molecule has 0 atom stereocenters. The Morgan fingerprint density at radius 3 is 2.92 bits per heavy atom. The molecule has 0 aliphatic carbocycles. The molecule has 0 aromatic carbocycles. The maximum absolute atomic E-state index is 5.44. The molecule has 0 amide bonds. The van der Waals surface area contributed by atoms with Crippen molar-refractivity contribution in [2.24, 2.45) is 5.73 Å². The second-order valence-electron chi connectivity index (χ2n) is 2.54. The van der Waals surface area contributed by atoms with E-state index in [0.29, 0.717) is 6.54 Å². The van der Waals surface area contributed by atoms with Crippen LogP contribution in [0.25, 0.3) is 11.4 Å². The average molecular weight is 211 g/mol. The first-order valence-corrected chi connectivity index (χ1v) is 5.75. The minimum Gasteiger partial charge on any atom is -0.330 e. The molecule has 0 saturated heterocycles. The molecule has 13 heavy (non-hydrogen) atoms. The monoisotopic (exact) mass is 211 g/mol. The first-order valence-electron chi connectivity index (χ1n) is 3.93. The Balaban J connectivity index is 2.23. The summed E-state index contributed by atoms with van der Waals surface area (Å²) in [4.78, 5) is 8.62. The maximum atomic E-state index is 5.44. The summed E-state index contributed by atoms with van der Waals surface area (Å²) in [5.74, 6) is 0. The largest absolute Gasteiger partial charge is 0.330 e. The molecule has 2 aromatic rings. The van der Waals surface area contributed by atoms with Gasteiger partial charge in [-0.3, -0.25) is 0 Å². The molecule has 0 aliphatic rings. The van der Waals surface area contributed by atoms with Crippen LogP contribution in [0.3, 0.4) is 0 Å². The molecule has 2 heterocycles. The minimum atomic E-state index is 0.657. The van der Waals surface area contributed by atoms with Gasteiger partial charge in [-0.25, -0.2) is 9.97 Å². The van der Waals surface area contributed by atoms with Gasteiger partial charge in [0.1, 0.15) is 11.4 Å². The second-order valence-corrected chi connectivity index (χ2v) is 4.20. The van der Waals surface area contributed by atoms with Gasteiger partial charge >= 0.3 is 0 Å². The molecule has 3 nitrogen and oxygen atoms in total. The zero-order valence-electron chi connectivity index (χ0n) is 6.93. The quantitative estimate of drug-likeness (QED) is 0.841. The minimum absolute atomic E-state index is 0.657. The highest BCUT2D eigenvalue weighted by Gasteiger charge is 2.04. The lowest BCUT2D eigenvalue weighted by Gasteiger charge is -1.88. The first kappa shape index (κ1) is 8.80. The highest BCUT2D eigenvalue weighted by atomic mass is 32.1. The summed E-state index contributed by atoms with van der Waals surface area (Å²) in [5.41, 5.74) is 9.19. The number of hydrogen-bond donors (Lipinski definition) is 1. The van der Waals surface area contributed by atoms with E-state index in [1.165, 1.54) is 0 Å². The lowest BCUT2D eigenvalue weighted by atomic mass is 10.4. The standard InChI is InChI=1S/C8H9N3S2/c9-2-1-8-11-7(4-13-8)6-3-12-5-10-6/h3-5H,1-2,9H2. The molecule has 2 aromatic heterocycles. The highest BCUT2D eigenvalue weighted by molar-refractivity contribution is 7.10. The molecule has 0 aliphatic heterocycles. The number of thiazole rings is 2. The van der Waals surface area contributed by atoms with E-state index in [4.69, 9.17) is 5.73 Å². The molecule has 2 N–H and O–H groups in total. The van der Waals surface area contributed by atoms with Gasteiger partial charge in [0.05, 0.1) is 10.5 Å². The number of rotatable bonds is 3. The predicted octanol–water partition coefficient (Wildman–Crippen LogP) is 1.77. The van der Waals surface area contributed by atoms with Crippen LogP contribution in [0.1, 0.15) is 5.01 Å². The van der Waals surface area contributed by atoms with Crippen LogP contribution in [0.2, 0.25) is 0 Å². The summed E-state index contributed by atoms with van der Waals surface area (Å²) in [5, 5.41) is 5.12. The number of hydrogen-bond acceptors (Lipinski definition) is 5. The lowest BCUT2D eigenvalue weighted by Crippen LogP contribution is -2.01. The van der Waals surface area contributed by atoms with Crippen molar-refractivity contribution >= 4 is 22.7 Å². The van der Waals surface area contributed by atoms with Crippen molar-refractivity contribution in [1.82, 2.24) is 9.97 Å². The van der Waals surface area contributed by atoms with Crippen LogP contribution in [0, 0.1) is 0 Å². The highest BCUT2D eigenvalue weighted by Crippen LogP contribution is 2.21. The molecule has 0 radical (unpaired) electrons. The summed E-state index contributed by atoms with van der Waals surface area (Å²) >= 11 is 3.23. The predicted molar refractivity (Wildman–Crippen MR) is 56.0 cm³/mol. The fourth-order valence-corrected chi connectivity index (χ4v) is 2.36. The van der Waals surface area contributed by atoms with E-state index in [2.05, 4.69) is 9.97 Å². The van der Waals surface area contributed by atoms with Gasteiger partial charge in [0.15, 0.2) is 0 Å². The molecule has 0 spiro atoms. The van der Waals surface area contributed by atoms with E-state index >= 15 is 0 Å². The maximum Gasteiger partial charge on any atom is 0.101 e. The van der Waals surface area contributed by atoms with Crippen molar-refractivity contribution < 1.29 is 0 Å². The normalized spacial score (nSPS) is 10.5. The Morgan fingerprint density at radius 2 is 2.23 bits per heavy atom. The zero-order chi connectivity index (χ0) is 9.10. The molecular formula is C8H9N3S2. The smallest absolute Gasteiger partial charge is 0.101 e. The Labute approximate surface area is 84.3 Å². The van der Waals surface area contributed by atoms with Gasteiger partial charge < -0.3 is 5.73 Å². The lowest BCUT2D eigenvalue weighted by molar-refractivity contribution is 0.953. The molecule has 68 valence electrons. The van der Waals surface area contributed by atoms with Gasteiger partial charge in [0.2, 0.25) is 0 Å². The Kier molecular flexibility index (Phi) is 2.68. The van der Waals surface area contributed by atoms with Gasteiger partial charge in [-0.05, 0) is 6.54 Å². The number of nitrogens with two attached hydrogens (primary N) is 1. The van der Waals surface area contributed by atoms with Crippen molar-refractivity contribution in [2.75, 3.05) is 6.54 Å². The van der Waals surface area contributed by atoms with E-state index in [9.17, 15) is 0 Å². The van der Waals surface area contributed by atoms with Gasteiger partial charge in [-0.1, -0.05) is 0 Å². The van der Waals surface area contributed by atoms with Crippen LogP contribution in [0.5, 0.6) is 0 Å². The van der Waals surface area contributed by atoms with Crippen LogP contribution in [0.4, 0.5) is 0 Å². The van der Waals surface area contributed by atoms with E-state index in [1.54, 1.807) is 22.7 Å². The van der Waals surface area contributed by atoms with Crippen molar-refractivity contribution in [1.29, 1.82) is 0 Å². The van der Waals surface area contributed by atoms with Crippen LogP contribution in [-0.2, 0) is 6.42 Å². The molecule has 0 bridgehead atoms. The summed E-state index contributed by atoms with van der Waals surface area (Å²) in [6, 6.07) is 0. The van der Waals surface area contributed by atoms with Gasteiger partial charge in [0.25, 0.3) is 0 Å². The van der Waals surface area contributed by atoms with E-state index in [-0.39, 0.29) is 0 Å². The van der Waals surface area contributed by atoms with Crippen molar-refractivity contribution in [2.45, 2.75) is 6.42 Å². The van der Waals surface area contributed by atoms with Gasteiger partial charge in [0, 0.05) is 17.2 Å². The van der Waals surface area contributed by atoms with E-state index < -0.39 is 0 Å². The summed E-state index contributed by atoms with van der Waals surface area (Å²) in [6.45, 7) is 0.657. The third kappa shape index (κ3) is 1.93. The average Bonchev–Trinajstić information content (AvgIpc) is 2.70. The first-order chi connectivity index (χ1) is 6.40. The van der Waals surface area contributed by atoms with Gasteiger partial charge in [-0.2, -0.15) is 0 Å². The van der Waals surface area contributed by atoms with Crippen LogP contribution >= 0.6 is 22.7 Å². The second kappa shape index (κ2) is 3.95. The molecule has 0 fully saturated rings. The fraction of sp³-hybridized carbons (Fsp3) is 0.250. The molecular weight excluding hydrogens is 202 g/mol. The Morgan fingerprint density at radius 1 is 1.31 bits per heavy atom. The topological polar surface area (TPSA) is 51.8 Å². The van der Waals surface area contributed by atoms with Crippen molar-refractivity contribution in [3.63, 3.8) is 0 Å². The third-order valence-corrected chi connectivity index (χ3v) is 3.10. The number of nitrogens with zero attached hydrogens (tertiary/aromatic N) is 2. The Bertz CT molecular complexity index is 366. The molecule has 0 unspecified atom stereocenters. The molecule has 5 heteroatoms. The molecule has 2 rings (SSSR count). The third-order valence-electron chi connectivity index (χ3n) is 1.60. The zero-order valence-corrected chi connectivity index (χ0v) is 8.57. The summed E-state index contributed by atoms with van der Waals surface area (Å²) in [6.07, 6.45) is 0.856. The summed E-state index contributed by atoms with van der Waals surface area (Å²) in [7, 11) is 0. The van der Waals surface area contributed by atoms with E-state index in [1.807, 2.05) is 16.3 Å². The van der Waals surface area contributed by atoms with Crippen molar-refractivity contribution in [3.05, 3.63) is 21.3 Å².